The second-order valence-corrected chi connectivity index (χ2v) is 5.97. The summed E-state index contributed by atoms with van der Waals surface area (Å²) in [5.74, 6) is -1.07. The lowest BCUT2D eigenvalue weighted by atomic mass is 10.1. The Labute approximate surface area is 126 Å². The van der Waals surface area contributed by atoms with Gasteiger partial charge in [-0.15, -0.1) is 0 Å². The number of hydrogen-bond acceptors (Lipinski definition) is 4. The van der Waals surface area contributed by atoms with E-state index < -0.39 is 12.1 Å². The van der Waals surface area contributed by atoms with Crippen molar-refractivity contribution in [2.24, 2.45) is 5.92 Å². The van der Waals surface area contributed by atoms with E-state index in [2.05, 4.69) is 0 Å². The molecule has 1 aliphatic rings. The summed E-state index contributed by atoms with van der Waals surface area (Å²) in [6.07, 6.45) is 2.55. The molecule has 0 radical (unpaired) electrons. The Morgan fingerprint density at radius 1 is 1.33 bits per heavy atom. The predicted octanol–water partition coefficient (Wildman–Crippen LogP) is 1.53. The monoisotopic (exact) mass is 301 g/mol. The highest BCUT2D eigenvalue weighted by Gasteiger charge is 2.25. The smallest absolute Gasteiger partial charge is 0.323 e. The summed E-state index contributed by atoms with van der Waals surface area (Å²) in [5, 5.41) is 8.91. The van der Waals surface area contributed by atoms with Gasteiger partial charge in [-0.05, 0) is 32.1 Å². The van der Waals surface area contributed by atoms with Crippen molar-refractivity contribution in [3.63, 3.8) is 0 Å². The van der Waals surface area contributed by atoms with Gasteiger partial charge in [0, 0.05) is 13.2 Å². The van der Waals surface area contributed by atoms with Gasteiger partial charge in [0.1, 0.15) is 12.6 Å². The number of amides is 1. The fraction of sp³-hybridized carbons (Fsp3) is 0.867. The largest absolute Gasteiger partial charge is 0.480 e. The van der Waals surface area contributed by atoms with Crippen molar-refractivity contribution in [2.45, 2.75) is 52.2 Å². The number of carboxylic acid groups (broad SMARTS) is 1. The number of ether oxygens (including phenoxy) is 2. The molecule has 6 heteroatoms. The molecule has 0 aromatic carbocycles. The van der Waals surface area contributed by atoms with Crippen LogP contribution in [-0.4, -0.2) is 60.4 Å². The predicted molar refractivity (Wildman–Crippen MR) is 78.1 cm³/mol. The number of carbonyl (C=O) groups is 2. The van der Waals surface area contributed by atoms with E-state index >= 15 is 0 Å². The van der Waals surface area contributed by atoms with E-state index in [1.807, 2.05) is 13.8 Å². The highest BCUT2D eigenvalue weighted by atomic mass is 16.5. The van der Waals surface area contributed by atoms with Gasteiger partial charge in [-0.3, -0.25) is 9.59 Å². The molecular formula is C15H27NO5. The van der Waals surface area contributed by atoms with Gasteiger partial charge in [-0.2, -0.15) is 0 Å². The van der Waals surface area contributed by atoms with Crippen molar-refractivity contribution in [1.82, 2.24) is 4.90 Å². The fourth-order valence-electron chi connectivity index (χ4n) is 2.36. The molecular weight excluding hydrogens is 274 g/mol. The van der Waals surface area contributed by atoms with E-state index in [9.17, 15) is 9.59 Å². The molecule has 1 fully saturated rings. The van der Waals surface area contributed by atoms with Crippen molar-refractivity contribution in [1.29, 1.82) is 0 Å². The Kier molecular flexibility index (Phi) is 7.67. The van der Waals surface area contributed by atoms with Crippen LogP contribution in [0.5, 0.6) is 0 Å². The van der Waals surface area contributed by atoms with Crippen LogP contribution in [0.25, 0.3) is 0 Å². The molecule has 1 N–H and O–H groups in total. The third kappa shape index (κ3) is 6.91. The zero-order valence-electron chi connectivity index (χ0n) is 13.2. The Morgan fingerprint density at radius 2 is 2.05 bits per heavy atom. The summed E-state index contributed by atoms with van der Waals surface area (Å²) in [6.45, 7) is 6.82. The summed E-state index contributed by atoms with van der Waals surface area (Å²) in [4.78, 5) is 24.5. The van der Waals surface area contributed by atoms with Crippen LogP contribution in [0.4, 0.5) is 0 Å². The minimum Gasteiger partial charge on any atom is -0.480 e. The van der Waals surface area contributed by atoms with Gasteiger partial charge in [0.05, 0.1) is 12.7 Å². The minimum absolute atomic E-state index is 0.0482. The number of nitrogens with zero attached hydrogens (tertiary/aromatic N) is 1. The van der Waals surface area contributed by atoms with Gasteiger partial charge in [0.25, 0.3) is 5.91 Å². The van der Waals surface area contributed by atoms with Crippen LogP contribution in [-0.2, 0) is 19.1 Å². The number of rotatable bonds is 8. The zero-order valence-corrected chi connectivity index (χ0v) is 13.2. The van der Waals surface area contributed by atoms with E-state index in [1.165, 1.54) is 4.90 Å². The lowest BCUT2D eigenvalue weighted by Gasteiger charge is -2.28. The molecule has 2 unspecified atom stereocenters. The van der Waals surface area contributed by atoms with Crippen LogP contribution in [0.2, 0.25) is 0 Å². The molecule has 1 rings (SSSR count). The van der Waals surface area contributed by atoms with Crippen LogP contribution in [0.1, 0.15) is 40.0 Å². The lowest BCUT2D eigenvalue weighted by molar-refractivity contribution is -0.152. The molecule has 1 saturated heterocycles. The molecule has 2 atom stereocenters. The molecule has 1 heterocycles. The van der Waals surface area contributed by atoms with E-state index in [0.29, 0.717) is 13.2 Å². The molecule has 6 nitrogen and oxygen atoms in total. The maximum atomic E-state index is 12.3. The van der Waals surface area contributed by atoms with Crippen molar-refractivity contribution in [3.05, 3.63) is 0 Å². The normalized spacial score (nSPS) is 20.3. The van der Waals surface area contributed by atoms with Gasteiger partial charge in [-0.1, -0.05) is 13.8 Å². The van der Waals surface area contributed by atoms with Gasteiger partial charge >= 0.3 is 5.97 Å². The second-order valence-electron chi connectivity index (χ2n) is 5.97. The Balaban J connectivity index is 2.45. The number of hydrogen-bond donors (Lipinski definition) is 1. The topological polar surface area (TPSA) is 76.1 Å². The molecule has 1 amide bonds. The molecule has 122 valence electrons. The van der Waals surface area contributed by atoms with Crippen LogP contribution < -0.4 is 0 Å². The van der Waals surface area contributed by atoms with Crippen LogP contribution in [0.15, 0.2) is 0 Å². The molecule has 0 aromatic heterocycles. The Morgan fingerprint density at radius 3 is 2.57 bits per heavy atom. The standard InChI is InChI=1S/C15H27NO5/c1-11(2)8-16(9-14(17)18)15(19)12(3)21-10-13-6-4-5-7-20-13/h11-13H,4-10H2,1-3H3,(H,17,18). The average molecular weight is 301 g/mol. The first-order chi connectivity index (χ1) is 9.90. The third-order valence-electron chi connectivity index (χ3n) is 3.38. The summed E-state index contributed by atoms with van der Waals surface area (Å²) >= 11 is 0. The summed E-state index contributed by atoms with van der Waals surface area (Å²) < 4.78 is 11.1. The lowest BCUT2D eigenvalue weighted by Crippen LogP contribution is -2.44. The highest BCUT2D eigenvalue weighted by molar-refractivity contribution is 5.84. The second kappa shape index (κ2) is 9.00. The SMILES string of the molecule is CC(C)CN(CC(=O)O)C(=O)C(C)OCC1CCCCO1. The number of carboxylic acids is 1. The van der Waals surface area contributed by atoms with Gasteiger partial charge in [-0.25, -0.2) is 0 Å². The quantitative estimate of drug-likeness (QED) is 0.736. The molecule has 21 heavy (non-hydrogen) atoms. The molecule has 0 aliphatic carbocycles. The zero-order chi connectivity index (χ0) is 15.8. The first-order valence-electron chi connectivity index (χ1n) is 7.64. The molecule has 0 saturated carbocycles. The third-order valence-corrected chi connectivity index (χ3v) is 3.38. The van der Waals surface area contributed by atoms with Crippen molar-refractivity contribution < 1.29 is 24.2 Å². The van der Waals surface area contributed by atoms with E-state index in [1.54, 1.807) is 6.92 Å². The Bertz CT molecular complexity index is 339. The summed E-state index contributed by atoms with van der Waals surface area (Å²) in [7, 11) is 0. The van der Waals surface area contributed by atoms with E-state index in [4.69, 9.17) is 14.6 Å². The fourth-order valence-corrected chi connectivity index (χ4v) is 2.36. The van der Waals surface area contributed by atoms with E-state index in [0.717, 1.165) is 25.9 Å². The van der Waals surface area contributed by atoms with Gasteiger partial charge in [0.2, 0.25) is 0 Å². The van der Waals surface area contributed by atoms with Gasteiger partial charge < -0.3 is 19.5 Å². The summed E-state index contributed by atoms with van der Waals surface area (Å²) in [5.41, 5.74) is 0. The molecule has 0 aromatic rings. The van der Waals surface area contributed by atoms with Crippen LogP contribution >= 0.6 is 0 Å². The van der Waals surface area contributed by atoms with E-state index in [-0.39, 0.29) is 24.5 Å². The van der Waals surface area contributed by atoms with Crippen LogP contribution in [0, 0.1) is 5.92 Å². The average Bonchev–Trinajstić information content (AvgIpc) is 2.43. The van der Waals surface area contributed by atoms with Crippen molar-refractivity contribution in [3.8, 4) is 0 Å². The molecule has 0 spiro atoms. The molecule has 1 aliphatic heterocycles. The number of carbonyl (C=O) groups excluding carboxylic acids is 1. The van der Waals surface area contributed by atoms with Crippen molar-refractivity contribution in [2.75, 3.05) is 26.3 Å². The maximum absolute atomic E-state index is 12.3. The maximum Gasteiger partial charge on any atom is 0.323 e. The van der Waals surface area contributed by atoms with Crippen molar-refractivity contribution >= 4 is 11.9 Å². The molecule has 0 bridgehead atoms. The highest BCUT2D eigenvalue weighted by Crippen LogP contribution is 2.14. The number of aliphatic carboxylic acids is 1. The first-order valence-corrected chi connectivity index (χ1v) is 7.64. The Hall–Kier alpha value is -1.14. The van der Waals surface area contributed by atoms with Gasteiger partial charge in [0.15, 0.2) is 0 Å². The summed E-state index contributed by atoms with van der Waals surface area (Å²) in [6, 6.07) is 0. The van der Waals surface area contributed by atoms with Crippen LogP contribution in [0.3, 0.4) is 0 Å². The first kappa shape index (κ1) is 17.9. The minimum atomic E-state index is -1.01.